The standard InChI is InChI=1S/C15H30O2Si/c1-7-17-15(16)11-13(2)9-8-10-14(3)12-18(4,5)6/h10,13H,7-9,11-12H2,1-6H3/b14-10-. The highest BCUT2D eigenvalue weighted by atomic mass is 28.3. The lowest BCUT2D eigenvalue weighted by atomic mass is 10.0. The molecule has 0 aromatic carbocycles. The van der Waals surface area contributed by atoms with E-state index in [2.05, 4.69) is 39.6 Å². The highest BCUT2D eigenvalue weighted by molar-refractivity contribution is 6.76. The van der Waals surface area contributed by atoms with Crippen LogP contribution in [0.4, 0.5) is 0 Å². The molecule has 0 rings (SSSR count). The van der Waals surface area contributed by atoms with E-state index >= 15 is 0 Å². The van der Waals surface area contributed by atoms with Crippen molar-refractivity contribution in [3.63, 3.8) is 0 Å². The lowest BCUT2D eigenvalue weighted by molar-refractivity contribution is -0.144. The van der Waals surface area contributed by atoms with Crippen LogP contribution in [0.3, 0.4) is 0 Å². The first-order valence-corrected chi connectivity index (χ1v) is 10.8. The Morgan fingerprint density at radius 2 is 1.94 bits per heavy atom. The summed E-state index contributed by atoms with van der Waals surface area (Å²) in [5, 5.41) is 0. The van der Waals surface area contributed by atoms with Crippen LogP contribution < -0.4 is 0 Å². The molecule has 2 nitrogen and oxygen atoms in total. The second-order valence-electron chi connectivity index (χ2n) is 6.48. The topological polar surface area (TPSA) is 26.3 Å². The number of carbonyl (C=O) groups is 1. The largest absolute Gasteiger partial charge is 0.466 e. The number of carbonyl (C=O) groups excluding carboxylic acids is 1. The minimum Gasteiger partial charge on any atom is -0.466 e. The van der Waals surface area contributed by atoms with Crippen molar-refractivity contribution in [1.82, 2.24) is 0 Å². The normalized spacial score (nSPS) is 14.4. The van der Waals surface area contributed by atoms with E-state index in [0.29, 0.717) is 18.9 Å². The maximum absolute atomic E-state index is 11.3. The monoisotopic (exact) mass is 270 g/mol. The molecular weight excluding hydrogens is 240 g/mol. The van der Waals surface area contributed by atoms with E-state index in [1.165, 1.54) is 11.6 Å². The third kappa shape index (κ3) is 10.6. The Kier molecular flexibility index (Phi) is 8.24. The Labute approximate surface area is 114 Å². The molecule has 106 valence electrons. The van der Waals surface area contributed by atoms with E-state index < -0.39 is 8.07 Å². The van der Waals surface area contributed by atoms with Crippen LogP contribution in [0.1, 0.15) is 40.0 Å². The Hall–Kier alpha value is -0.573. The molecular formula is C15H30O2Si. The van der Waals surface area contributed by atoms with Crippen molar-refractivity contribution >= 4 is 14.0 Å². The van der Waals surface area contributed by atoms with Gasteiger partial charge in [0, 0.05) is 14.5 Å². The first-order valence-electron chi connectivity index (χ1n) is 7.06. The highest BCUT2D eigenvalue weighted by Gasteiger charge is 2.13. The van der Waals surface area contributed by atoms with Gasteiger partial charge in [-0.3, -0.25) is 4.79 Å². The van der Waals surface area contributed by atoms with E-state index in [0.717, 1.165) is 12.8 Å². The number of ether oxygens (including phenoxy) is 1. The van der Waals surface area contributed by atoms with Crippen LogP contribution in [-0.4, -0.2) is 20.7 Å². The molecule has 0 aliphatic rings. The van der Waals surface area contributed by atoms with Gasteiger partial charge in [0.2, 0.25) is 0 Å². The molecule has 3 heteroatoms. The van der Waals surface area contributed by atoms with Crippen molar-refractivity contribution in [2.75, 3.05) is 6.61 Å². The Balaban J connectivity index is 3.89. The van der Waals surface area contributed by atoms with Crippen LogP contribution >= 0.6 is 0 Å². The highest BCUT2D eigenvalue weighted by Crippen LogP contribution is 2.18. The van der Waals surface area contributed by atoms with Gasteiger partial charge in [-0.25, -0.2) is 0 Å². The quantitative estimate of drug-likeness (QED) is 0.365. The van der Waals surface area contributed by atoms with Gasteiger partial charge in [-0.05, 0) is 38.7 Å². The lowest BCUT2D eigenvalue weighted by Crippen LogP contribution is -2.19. The van der Waals surface area contributed by atoms with Gasteiger partial charge in [-0.1, -0.05) is 38.2 Å². The van der Waals surface area contributed by atoms with Gasteiger partial charge in [0.05, 0.1) is 6.61 Å². The summed E-state index contributed by atoms with van der Waals surface area (Å²) in [7, 11) is -0.977. The van der Waals surface area contributed by atoms with Gasteiger partial charge in [0.1, 0.15) is 0 Å². The van der Waals surface area contributed by atoms with Gasteiger partial charge in [0.25, 0.3) is 0 Å². The maximum atomic E-state index is 11.3. The molecule has 18 heavy (non-hydrogen) atoms. The fourth-order valence-corrected chi connectivity index (χ4v) is 3.95. The van der Waals surface area contributed by atoms with Crippen LogP contribution in [0, 0.1) is 5.92 Å². The number of hydrogen-bond donors (Lipinski definition) is 0. The summed E-state index contributed by atoms with van der Waals surface area (Å²) in [4.78, 5) is 11.3. The number of esters is 1. The zero-order chi connectivity index (χ0) is 14.2. The van der Waals surface area contributed by atoms with Gasteiger partial charge in [-0.2, -0.15) is 0 Å². The van der Waals surface area contributed by atoms with Crippen LogP contribution in [0.5, 0.6) is 0 Å². The summed E-state index contributed by atoms with van der Waals surface area (Å²) in [6.07, 6.45) is 5.05. The van der Waals surface area contributed by atoms with E-state index in [4.69, 9.17) is 4.74 Å². The zero-order valence-electron chi connectivity index (χ0n) is 13.0. The average Bonchev–Trinajstić information content (AvgIpc) is 2.14. The number of rotatable bonds is 8. The average molecular weight is 270 g/mol. The van der Waals surface area contributed by atoms with Gasteiger partial charge >= 0.3 is 5.97 Å². The Morgan fingerprint density at radius 3 is 2.44 bits per heavy atom. The predicted molar refractivity (Wildman–Crippen MR) is 81.6 cm³/mol. The molecule has 0 heterocycles. The van der Waals surface area contributed by atoms with Crippen LogP contribution in [0.15, 0.2) is 11.6 Å². The summed E-state index contributed by atoms with van der Waals surface area (Å²) in [6, 6.07) is 1.28. The third-order valence-electron chi connectivity index (χ3n) is 2.78. The molecule has 0 saturated carbocycles. The van der Waals surface area contributed by atoms with Crippen molar-refractivity contribution in [2.24, 2.45) is 5.92 Å². The van der Waals surface area contributed by atoms with Crippen LogP contribution in [0.2, 0.25) is 25.7 Å². The predicted octanol–water partition coefficient (Wildman–Crippen LogP) is 4.64. The number of hydrogen-bond acceptors (Lipinski definition) is 2. The van der Waals surface area contributed by atoms with E-state index in [1.807, 2.05) is 6.92 Å². The summed E-state index contributed by atoms with van der Waals surface area (Å²) in [6.45, 7) is 13.9. The molecule has 1 atom stereocenters. The molecule has 0 radical (unpaired) electrons. The second kappa shape index (κ2) is 8.52. The summed E-state index contributed by atoms with van der Waals surface area (Å²) >= 11 is 0. The summed E-state index contributed by atoms with van der Waals surface area (Å²) in [5.74, 6) is 0.354. The van der Waals surface area contributed by atoms with E-state index in [9.17, 15) is 4.79 Å². The van der Waals surface area contributed by atoms with E-state index in [1.54, 1.807) is 0 Å². The fourth-order valence-electron chi connectivity index (χ4n) is 2.13. The van der Waals surface area contributed by atoms with Crippen molar-refractivity contribution in [1.29, 1.82) is 0 Å². The van der Waals surface area contributed by atoms with Crippen molar-refractivity contribution in [2.45, 2.75) is 65.7 Å². The smallest absolute Gasteiger partial charge is 0.306 e. The van der Waals surface area contributed by atoms with Crippen molar-refractivity contribution < 1.29 is 9.53 Å². The molecule has 0 aliphatic heterocycles. The van der Waals surface area contributed by atoms with Crippen molar-refractivity contribution in [3.05, 3.63) is 11.6 Å². The lowest BCUT2D eigenvalue weighted by Gasteiger charge is -2.16. The first-order chi connectivity index (χ1) is 8.24. The fraction of sp³-hybridized carbons (Fsp3) is 0.800. The minimum atomic E-state index is -0.977. The Bertz CT molecular complexity index is 277. The molecule has 0 aromatic heterocycles. The second-order valence-corrected chi connectivity index (χ2v) is 12.0. The molecule has 0 amide bonds. The Morgan fingerprint density at radius 1 is 1.33 bits per heavy atom. The molecule has 0 aliphatic carbocycles. The number of allylic oxidation sites excluding steroid dienone is 2. The van der Waals surface area contributed by atoms with E-state index in [-0.39, 0.29) is 5.97 Å². The molecule has 0 N–H and O–H groups in total. The van der Waals surface area contributed by atoms with Crippen LogP contribution in [0.25, 0.3) is 0 Å². The molecule has 0 aromatic rings. The molecule has 0 spiro atoms. The van der Waals surface area contributed by atoms with Crippen LogP contribution in [-0.2, 0) is 9.53 Å². The van der Waals surface area contributed by atoms with Gasteiger partial charge in [0.15, 0.2) is 0 Å². The van der Waals surface area contributed by atoms with Crippen molar-refractivity contribution in [3.8, 4) is 0 Å². The zero-order valence-corrected chi connectivity index (χ0v) is 14.0. The van der Waals surface area contributed by atoms with Gasteiger partial charge in [-0.15, -0.1) is 0 Å². The minimum absolute atomic E-state index is 0.0622. The molecule has 0 saturated heterocycles. The molecule has 0 fully saturated rings. The molecule has 1 unspecified atom stereocenters. The SMILES string of the molecule is CCOC(=O)CC(C)CC/C=C(/C)C[Si](C)(C)C. The van der Waals surface area contributed by atoms with Gasteiger partial charge < -0.3 is 4.74 Å². The maximum Gasteiger partial charge on any atom is 0.306 e. The molecule has 0 bridgehead atoms. The summed E-state index contributed by atoms with van der Waals surface area (Å²) in [5.41, 5.74) is 1.51. The third-order valence-corrected chi connectivity index (χ3v) is 4.40. The summed E-state index contributed by atoms with van der Waals surface area (Å²) < 4.78 is 4.96. The first kappa shape index (κ1) is 17.4.